The van der Waals surface area contributed by atoms with E-state index in [0.29, 0.717) is 16.2 Å². The van der Waals surface area contributed by atoms with Crippen molar-refractivity contribution < 1.29 is 14.8 Å². The predicted molar refractivity (Wildman–Crippen MR) is 68.5 cm³/mol. The van der Waals surface area contributed by atoms with E-state index in [9.17, 15) is 14.9 Å². The third-order valence-electron chi connectivity index (χ3n) is 2.06. The van der Waals surface area contributed by atoms with Crippen molar-refractivity contribution in [1.82, 2.24) is 0 Å². The topological polar surface area (TPSA) is 80.4 Å². The van der Waals surface area contributed by atoms with Crippen molar-refractivity contribution in [2.24, 2.45) is 0 Å². The Kier molecular flexibility index (Phi) is 4.62. The van der Waals surface area contributed by atoms with Gasteiger partial charge >= 0.3 is 5.97 Å². The third-order valence-corrected chi connectivity index (χ3v) is 2.41. The lowest BCUT2D eigenvalue weighted by molar-refractivity contribution is -0.384. The zero-order valence-corrected chi connectivity index (χ0v) is 10.2. The summed E-state index contributed by atoms with van der Waals surface area (Å²) >= 11 is 5.90. The standard InChI is InChI=1S/C12H10ClNO4/c1-8(2-5-12(15)16)6-9-7-10(14(17)18)3-4-11(9)13/h2-7H,1H3,(H,15,16). The van der Waals surface area contributed by atoms with Gasteiger partial charge < -0.3 is 5.11 Å². The normalized spacial score (nSPS) is 11.8. The predicted octanol–water partition coefficient (Wildman–Crippen LogP) is 3.29. The van der Waals surface area contributed by atoms with Crippen LogP contribution in [0.5, 0.6) is 0 Å². The number of nitro benzene ring substituents is 1. The Bertz CT molecular complexity index is 549. The van der Waals surface area contributed by atoms with Crippen molar-refractivity contribution in [2.75, 3.05) is 0 Å². The van der Waals surface area contributed by atoms with Crippen LogP contribution in [0.4, 0.5) is 5.69 Å². The summed E-state index contributed by atoms with van der Waals surface area (Å²) < 4.78 is 0. The zero-order valence-electron chi connectivity index (χ0n) is 9.46. The fourth-order valence-electron chi connectivity index (χ4n) is 1.25. The molecule has 94 valence electrons. The summed E-state index contributed by atoms with van der Waals surface area (Å²) in [6.45, 7) is 1.68. The minimum absolute atomic E-state index is 0.0688. The summed E-state index contributed by atoms with van der Waals surface area (Å²) in [7, 11) is 0. The van der Waals surface area contributed by atoms with Crippen LogP contribution in [0.3, 0.4) is 0 Å². The number of carboxylic acids is 1. The van der Waals surface area contributed by atoms with E-state index >= 15 is 0 Å². The molecule has 0 saturated heterocycles. The highest BCUT2D eigenvalue weighted by atomic mass is 35.5. The van der Waals surface area contributed by atoms with Crippen LogP contribution in [-0.4, -0.2) is 16.0 Å². The van der Waals surface area contributed by atoms with Gasteiger partial charge in [-0.25, -0.2) is 4.79 Å². The highest BCUT2D eigenvalue weighted by molar-refractivity contribution is 6.32. The highest BCUT2D eigenvalue weighted by Crippen LogP contribution is 2.24. The van der Waals surface area contributed by atoms with Crippen LogP contribution in [0.1, 0.15) is 12.5 Å². The van der Waals surface area contributed by atoms with Gasteiger partial charge in [-0.15, -0.1) is 0 Å². The minimum atomic E-state index is -1.06. The molecule has 0 unspecified atom stereocenters. The summed E-state index contributed by atoms with van der Waals surface area (Å²) in [6.07, 6.45) is 3.95. The van der Waals surface area contributed by atoms with E-state index in [1.165, 1.54) is 24.3 Å². The second-order valence-electron chi connectivity index (χ2n) is 3.52. The first-order valence-corrected chi connectivity index (χ1v) is 5.31. The molecule has 0 heterocycles. The Labute approximate surface area is 108 Å². The number of aliphatic carboxylic acids is 1. The molecular weight excluding hydrogens is 258 g/mol. The van der Waals surface area contributed by atoms with E-state index in [1.54, 1.807) is 13.0 Å². The Balaban J connectivity index is 3.09. The van der Waals surface area contributed by atoms with Crippen LogP contribution in [-0.2, 0) is 4.79 Å². The van der Waals surface area contributed by atoms with E-state index < -0.39 is 10.9 Å². The molecule has 0 aromatic heterocycles. The molecule has 0 aliphatic heterocycles. The molecule has 1 N–H and O–H groups in total. The van der Waals surface area contributed by atoms with Gasteiger partial charge in [0.1, 0.15) is 0 Å². The Morgan fingerprint density at radius 3 is 2.67 bits per heavy atom. The first-order valence-electron chi connectivity index (χ1n) is 4.93. The maximum Gasteiger partial charge on any atom is 0.328 e. The molecule has 0 spiro atoms. The summed E-state index contributed by atoms with van der Waals surface area (Å²) in [5, 5.41) is 19.5. The lowest BCUT2D eigenvalue weighted by atomic mass is 10.1. The molecule has 0 fully saturated rings. The number of nitrogens with zero attached hydrogens (tertiary/aromatic N) is 1. The average molecular weight is 268 g/mol. The quantitative estimate of drug-likeness (QED) is 0.393. The number of rotatable bonds is 4. The van der Waals surface area contributed by atoms with Crippen LogP contribution in [0.25, 0.3) is 6.08 Å². The summed E-state index contributed by atoms with van der Waals surface area (Å²) in [6, 6.07) is 4.07. The molecule has 18 heavy (non-hydrogen) atoms. The molecule has 0 saturated carbocycles. The molecular formula is C12H10ClNO4. The molecule has 0 radical (unpaired) electrons. The maximum absolute atomic E-state index is 10.6. The number of carbonyl (C=O) groups is 1. The summed E-state index contributed by atoms with van der Waals surface area (Å²) in [5.41, 5.74) is 1.03. The molecule has 1 aromatic carbocycles. The number of carboxylic acid groups (broad SMARTS) is 1. The summed E-state index contributed by atoms with van der Waals surface area (Å²) in [4.78, 5) is 20.4. The SMILES string of the molecule is CC(C=CC(=O)O)=Cc1cc([N+](=O)[O-])ccc1Cl. The van der Waals surface area contributed by atoms with E-state index in [0.717, 1.165) is 6.08 Å². The lowest BCUT2D eigenvalue weighted by Crippen LogP contribution is -1.89. The van der Waals surface area contributed by atoms with Gasteiger partial charge in [0, 0.05) is 28.8 Å². The first-order chi connectivity index (χ1) is 8.40. The number of benzene rings is 1. The second kappa shape index (κ2) is 5.97. The zero-order chi connectivity index (χ0) is 13.7. The fourth-order valence-corrected chi connectivity index (χ4v) is 1.42. The van der Waals surface area contributed by atoms with Crippen LogP contribution < -0.4 is 0 Å². The molecule has 1 aromatic rings. The Morgan fingerprint density at radius 1 is 1.44 bits per heavy atom. The number of hydrogen-bond acceptors (Lipinski definition) is 3. The van der Waals surface area contributed by atoms with Crippen LogP contribution in [0.2, 0.25) is 5.02 Å². The van der Waals surface area contributed by atoms with Crippen molar-refractivity contribution in [1.29, 1.82) is 0 Å². The maximum atomic E-state index is 10.6. The van der Waals surface area contributed by atoms with Crippen molar-refractivity contribution in [3.05, 3.63) is 56.6 Å². The Hall–Kier alpha value is -2.14. The average Bonchev–Trinajstić information content (AvgIpc) is 2.29. The van der Waals surface area contributed by atoms with Gasteiger partial charge in [0.05, 0.1) is 4.92 Å². The smallest absolute Gasteiger partial charge is 0.328 e. The van der Waals surface area contributed by atoms with Gasteiger partial charge in [0.2, 0.25) is 0 Å². The lowest BCUT2D eigenvalue weighted by Gasteiger charge is -1.99. The van der Waals surface area contributed by atoms with Gasteiger partial charge in [-0.2, -0.15) is 0 Å². The molecule has 6 heteroatoms. The van der Waals surface area contributed by atoms with Gasteiger partial charge in [0.15, 0.2) is 0 Å². The fraction of sp³-hybridized carbons (Fsp3) is 0.0833. The number of nitro groups is 1. The molecule has 5 nitrogen and oxygen atoms in total. The van der Waals surface area contributed by atoms with Crippen LogP contribution in [0, 0.1) is 10.1 Å². The number of allylic oxidation sites excluding steroid dienone is 2. The second-order valence-corrected chi connectivity index (χ2v) is 3.93. The molecule has 1 rings (SSSR count). The van der Waals surface area contributed by atoms with E-state index in [4.69, 9.17) is 16.7 Å². The Morgan fingerprint density at radius 2 is 2.11 bits per heavy atom. The molecule has 0 aliphatic rings. The number of non-ortho nitro benzene ring substituents is 1. The van der Waals surface area contributed by atoms with Crippen LogP contribution >= 0.6 is 11.6 Å². The molecule has 0 amide bonds. The van der Waals surface area contributed by atoms with Gasteiger partial charge in [-0.05, 0) is 13.0 Å². The third kappa shape index (κ3) is 4.03. The minimum Gasteiger partial charge on any atom is -0.478 e. The monoisotopic (exact) mass is 267 g/mol. The van der Waals surface area contributed by atoms with Crippen molar-refractivity contribution in [3.8, 4) is 0 Å². The van der Waals surface area contributed by atoms with E-state index in [2.05, 4.69) is 0 Å². The number of hydrogen-bond donors (Lipinski definition) is 1. The van der Waals surface area contributed by atoms with Crippen LogP contribution in [0.15, 0.2) is 35.9 Å². The number of halogens is 1. The van der Waals surface area contributed by atoms with E-state index in [-0.39, 0.29) is 5.69 Å². The van der Waals surface area contributed by atoms with E-state index in [1.807, 2.05) is 0 Å². The molecule has 0 bridgehead atoms. The van der Waals surface area contributed by atoms with Gasteiger partial charge in [0.25, 0.3) is 5.69 Å². The first kappa shape index (κ1) is 13.9. The van der Waals surface area contributed by atoms with Crippen molar-refractivity contribution >= 4 is 29.3 Å². The largest absolute Gasteiger partial charge is 0.478 e. The van der Waals surface area contributed by atoms with Crippen molar-refractivity contribution in [2.45, 2.75) is 6.92 Å². The summed E-state index contributed by atoms with van der Waals surface area (Å²) in [5.74, 6) is -1.06. The molecule has 0 aliphatic carbocycles. The highest BCUT2D eigenvalue weighted by Gasteiger charge is 2.07. The van der Waals surface area contributed by atoms with Gasteiger partial charge in [-0.3, -0.25) is 10.1 Å². The van der Waals surface area contributed by atoms with Crippen molar-refractivity contribution in [3.63, 3.8) is 0 Å². The van der Waals surface area contributed by atoms with Gasteiger partial charge in [-0.1, -0.05) is 29.3 Å². The molecule has 0 atom stereocenters.